The monoisotopic (exact) mass is 495 g/mol. The van der Waals surface area contributed by atoms with E-state index in [0.29, 0.717) is 18.4 Å². The summed E-state index contributed by atoms with van der Waals surface area (Å²) >= 11 is 6.49. The fraction of sp³-hybridized carbons (Fsp3) is 0.444. The maximum Gasteiger partial charge on any atom is 0.362 e. The van der Waals surface area contributed by atoms with Crippen molar-refractivity contribution >= 4 is 17.6 Å². The predicted molar refractivity (Wildman–Crippen MR) is 133 cm³/mol. The molecule has 2 aliphatic rings. The van der Waals surface area contributed by atoms with E-state index in [9.17, 15) is 9.90 Å². The molecule has 2 aromatic carbocycles. The van der Waals surface area contributed by atoms with Crippen molar-refractivity contribution in [1.29, 1.82) is 0 Å². The second-order valence-electron chi connectivity index (χ2n) is 9.55. The lowest BCUT2D eigenvalue weighted by Crippen LogP contribution is -2.25. The normalized spacial score (nSPS) is 20.3. The highest BCUT2D eigenvalue weighted by atomic mass is 35.5. The molecule has 0 atom stereocenters. The van der Waals surface area contributed by atoms with Gasteiger partial charge in [-0.05, 0) is 85.3 Å². The summed E-state index contributed by atoms with van der Waals surface area (Å²) in [6.45, 7) is 0.365. The molecule has 184 valence electrons. The molecule has 1 aromatic heterocycles. The van der Waals surface area contributed by atoms with E-state index in [0.717, 1.165) is 42.0 Å². The molecule has 2 aliphatic carbocycles. The van der Waals surface area contributed by atoms with Gasteiger partial charge in [-0.15, -0.1) is 5.10 Å². The van der Waals surface area contributed by atoms with Crippen LogP contribution in [0.4, 0.5) is 0 Å². The Balaban J connectivity index is 1.26. The van der Waals surface area contributed by atoms with Crippen molar-refractivity contribution in [1.82, 2.24) is 15.0 Å². The number of halogens is 1. The Hall–Kier alpha value is -3.06. The Labute approximate surface area is 210 Å². The molecule has 0 aliphatic heterocycles. The lowest BCUT2D eigenvalue weighted by atomic mass is 9.77. The Kier molecular flexibility index (Phi) is 6.95. The molecule has 2 saturated carbocycles. The minimum Gasteiger partial charge on any atom is -0.497 e. The van der Waals surface area contributed by atoms with Crippen molar-refractivity contribution in [2.24, 2.45) is 0 Å². The number of aromatic carboxylic acids is 1. The van der Waals surface area contributed by atoms with E-state index in [1.807, 2.05) is 24.3 Å². The van der Waals surface area contributed by atoms with Gasteiger partial charge in [0.25, 0.3) is 0 Å². The molecule has 8 heteroatoms. The Morgan fingerprint density at radius 1 is 1.06 bits per heavy atom. The molecule has 1 N–H and O–H groups in total. The maximum atomic E-state index is 11.8. The second kappa shape index (κ2) is 10.3. The maximum absolute atomic E-state index is 11.8. The molecular weight excluding hydrogens is 466 g/mol. The van der Waals surface area contributed by atoms with Crippen LogP contribution >= 0.6 is 11.6 Å². The Morgan fingerprint density at radius 3 is 2.43 bits per heavy atom. The van der Waals surface area contributed by atoms with Crippen LogP contribution < -0.4 is 9.47 Å². The number of ether oxygens (including phenoxy) is 2. The first kappa shape index (κ1) is 23.7. The molecule has 1 heterocycles. The predicted octanol–water partition coefficient (Wildman–Crippen LogP) is 6.06. The van der Waals surface area contributed by atoms with Crippen LogP contribution in [-0.4, -0.2) is 39.3 Å². The second-order valence-corrected chi connectivity index (χ2v) is 9.96. The first-order valence-electron chi connectivity index (χ1n) is 12.3. The lowest BCUT2D eigenvalue weighted by molar-refractivity contribution is 0.0676. The van der Waals surface area contributed by atoms with Gasteiger partial charge in [0.1, 0.15) is 11.9 Å². The molecule has 0 saturated heterocycles. The summed E-state index contributed by atoms with van der Waals surface area (Å²) in [5, 5.41) is 18.5. The first-order valence-corrected chi connectivity index (χ1v) is 12.7. The van der Waals surface area contributed by atoms with Crippen LogP contribution in [0.5, 0.6) is 11.6 Å². The van der Waals surface area contributed by atoms with Crippen LogP contribution in [0.25, 0.3) is 0 Å². The summed E-state index contributed by atoms with van der Waals surface area (Å²) in [5.41, 5.74) is 3.45. The lowest BCUT2D eigenvalue weighted by Gasteiger charge is -2.31. The number of carbonyl (C=O) groups is 1. The highest BCUT2D eigenvalue weighted by Gasteiger charge is 2.29. The summed E-state index contributed by atoms with van der Waals surface area (Å²) in [6, 6.07) is 14.1. The average molecular weight is 496 g/mol. The van der Waals surface area contributed by atoms with E-state index in [-0.39, 0.29) is 17.7 Å². The number of benzene rings is 2. The van der Waals surface area contributed by atoms with Gasteiger partial charge >= 0.3 is 5.97 Å². The van der Waals surface area contributed by atoms with Crippen LogP contribution in [-0.2, 0) is 6.54 Å². The van der Waals surface area contributed by atoms with Crippen molar-refractivity contribution in [2.75, 3.05) is 7.11 Å². The topological polar surface area (TPSA) is 86.5 Å². The van der Waals surface area contributed by atoms with Gasteiger partial charge in [-0.2, -0.15) is 0 Å². The van der Waals surface area contributed by atoms with Crippen LogP contribution in [0.2, 0.25) is 5.02 Å². The molecule has 0 unspecified atom stereocenters. The minimum atomic E-state index is -1.14. The van der Waals surface area contributed by atoms with E-state index in [4.69, 9.17) is 21.1 Å². The van der Waals surface area contributed by atoms with E-state index >= 15 is 0 Å². The van der Waals surface area contributed by atoms with Gasteiger partial charge in [0.15, 0.2) is 0 Å². The highest BCUT2D eigenvalue weighted by molar-refractivity contribution is 6.31. The van der Waals surface area contributed by atoms with Crippen LogP contribution in [0.3, 0.4) is 0 Å². The third kappa shape index (κ3) is 5.15. The third-order valence-electron chi connectivity index (χ3n) is 7.37. The zero-order valence-electron chi connectivity index (χ0n) is 19.8. The molecular formula is C27H30ClN3O4. The van der Waals surface area contributed by atoms with Crippen molar-refractivity contribution in [3.63, 3.8) is 0 Å². The first-order chi connectivity index (χ1) is 17.0. The molecule has 2 fully saturated rings. The Bertz CT molecular complexity index is 1180. The fourth-order valence-electron chi connectivity index (χ4n) is 5.08. The number of hydrogen-bond donors (Lipinski definition) is 1. The third-order valence-corrected chi connectivity index (χ3v) is 7.72. The smallest absolute Gasteiger partial charge is 0.362 e. The number of carboxylic acid groups (broad SMARTS) is 1. The number of hydrogen-bond acceptors (Lipinski definition) is 5. The number of carboxylic acids is 1. The van der Waals surface area contributed by atoms with Crippen LogP contribution in [0, 0.1) is 0 Å². The van der Waals surface area contributed by atoms with E-state index in [1.54, 1.807) is 7.11 Å². The summed E-state index contributed by atoms with van der Waals surface area (Å²) < 4.78 is 13.0. The summed E-state index contributed by atoms with van der Waals surface area (Å²) in [7, 11) is 1.62. The van der Waals surface area contributed by atoms with Crippen molar-refractivity contribution in [3.8, 4) is 11.6 Å². The SMILES string of the molecule is COc1ccc(Cn2nnc(C(=O)O)c2O[C@H]2CC[C@H](c3ccc(Cl)c(C4CCC4)c3)CC2)cc1. The van der Waals surface area contributed by atoms with Gasteiger partial charge in [0, 0.05) is 5.02 Å². The van der Waals surface area contributed by atoms with Gasteiger partial charge in [0.05, 0.1) is 13.7 Å². The van der Waals surface area contributed by atoms with E-state index in [1.165, 1.54) is 35.1 Å². The molecule has 7 nitrogen and oxygen atoms in total. The number of rotatable bonds is 8. The number of methoxy groups -OCH3 is 1. The average Bonchev–Trinajstić information content (AvgIpc) is 3.22. The van der Waals surface area contributed by atoms with Gasteiger partial charge in [-0.25, -0.2) is 9.48 Å². The highest BCUT2D eigenvalue weighted by Crippen LogP contribution is 2.42. The molecule has 0 amide bonds. The molecule has 0 bridgehead atoms. The molecule has 0 radical (unpaired) electrons. The quantitative estimate of drug-likeness (QED) is 0.408. The van der Waals surface area contributed by atoms with Gasteiger partial charge in [-0.1, -0.05) is 47.5 Å². The zero-order chi connectivity index (χ0) is 24.4. The van der Waals surface area contributed by atoms with E-state index in [2.05, 4.69) is 28.5 Å². The van der Waals surface area contributed by atoms with Crippen molar-refractivity contribution < 1.29 is 19.4 Å². The van der Waals surface area contributed by atoms with E-state index < -0.39 is 5.97 Å². The van der Waals surface area contributed by atoms with Gasteiger partial charge in [-0.3, -0.25) is 0 Å². The van der Waals surface area contributed by atoms with Gasteiger partial charge in [0.2, 0.25) is 11.6 Å². The van der Waals surface area contributed by atoms with Crippen LogP contribution in [0.1, 0.15) is 84.0 Å². The molecule has 3 aromatic rings. The zero-order valence-corrected chi connectivity index (χ0v) is 20.6. The van der Waals surface area contributed by atoms with Crippen molar-refractivity contribution in [3.05, 3.63) is 69.9 Å². The van der Waals surface area contributed by atoms with Crippen molar-refractivity contribution in [2.45, 2.75) is 69.4 Å². The molecule has 0 spiro atoms. The largest absolute Gasteiger partial charge is 0.497 e. The Morgan fingerprint density at radius 2 is 1.80 bits per heavy atom. The number of aromatic nitrogens is 3. The fourth-order valence-corrected chi connectivity index (χ4v) is 5.35. The summed E-state index contributed by atoms with van der Waals surface area (Å²) in [6.07, 6.45) is 7.34. The molecule has 35 heavy (non-hydrogen) atoms. The minimum absolute atomic E-state index is 0.0733. The summed E-state index contributed by atoms with van der Waals surface area (Å²) in [5.74, 6) is 0.907. The molecule has 5 rings (SSSR count). The standard InChI is InChI=1S/C27H30ClN3O4/c1-34-21-10-5-17(6-11-21)16-31-26(25(27(32)33)29-30-31)35-22-12-7-18(8-13-22)20-9-14-24(28)23(15-20)19-3-2-4-19/h5-6,9-11,14-15,18-19,22H,2-4,7-8,12-13,16H2,1H3,(H,32,33)/t18-,22-. The number of nitrogens with zero attached hydrogens (tertiary/aromatic N) is 3. The van der Waals surface area contributed by atoms with Crippen LogP contribution in [0.15, 0.2) is 42.5 Å². The van der Waals surface area contributed by atoms with Gasteiger partial charge < -0.3 is 14.6 Å². The summed E-state index contributed by atoms with van der Waals surface area (Å²) in [4.78, 5) is 11.8.